The lowest BCUT2D eigenvalue weighted by Crippen LogP contribution is -2.46. The van der Waals surface area contributed by atoms with Gasteiger partial charge in [0.1, 0.15) is 18.1 Å². The van der Waals surface area contributed by atoms with Crippen molar-refractivity contribution >= 4 is 23.9 Å². The summed E-state index contributed by atoms with van der Waals surface area (Å²) in [4.78, 5) is 41.3. The van der Waals surface area contributed by atoms with E-state index in [2.05, 4.69) is 25.8 Å². The fraction of sp³-hybridized carbons (Fsp3) is 0.529. The van der Waals surface area contributed by atoms with Crippen LogP contribution in [-0.4, -0.2) is 62.4 Å². The molecule has 1 atom stereocenters. The van der Waals surface area contributed by atoms with Gasteiger partial charge in [0.15, 0.2) is 0 Å². The van der Waals surface area contributed by atoms with Crippen molar-refractivity contribution in [3.05, 3.63) is 23.9 Å². The number of nitrogens with zero attached hydrogens (tertiary/aromatic N) is 2. The van der Waals surface area contributed by atoms with Gasteiger partial charge in [0, 0.05) is 39.6 Å². The van der Waals surface area contributed by atoms with E-state index < -0.39 is 6.04 Å². The largest absolute Gasteiger partial charge is 0.357 e. The molecule has 1 unspecified atom stereocenters. The molecular weight excluding hydrogens is 322 g/mol. The summed E-state index contributed by atoms with van der Waals surface area (Å²) in [6.45, 7) is 3.59. The van der Waals surface area contributed by atoms with Crippen LogP contribution in [0.5, 0.6) is 0 Å². The third-order valence-corrected chi connectivity index (χ3v) is 4.05. The Morgan fingerprint density at radius 2 is 2.12 bits per heavy atom. The Morgan fingerprint density at radius 3 is 2.80 bits per heavy atom. The summed E-state index contributed by atoms with van der Waals surface area (Å²) in [5.74, 6) is 0.262. The number of pyridine rings is 1. The SMILES string of the molecule is CNC(=O)C(CCC=O)NC(=O)Cc1cccc(N2CCNCC2)n1. The van der Waals surface area contributed by atoms with Gasteiger partial charge in [-0.25, -0.2) is 4.98 Å². The van der Waals surface area contributed by atoms with Gasteiger partial charge in [0.05, 0.1) is 12.1 Å². The molecule has 136 valence electrons. The summed E-state index contributed by atoms with van der Waals surface area (Å²) >= 11 is 0. The molecule has 25 heavy (non-hydrogen) atoms. The summed E-state index contributed by atoms with van der Waals surface area (Å²) in [6, 6.07) is 4.91. The highest BCUT2D eigenvalue weighted by Crippen LogP contribution is 2.12. The van der Waals surface area contributed by atoms with Crippen LogP contribution in [0.3, 0.4) is 0 Å². The molecule has 1 aromatic heterocycles. The Hall–Kier alpha value is -2.48. The second-order valence-corrected chi connectivity index (χ2v) is 5.88. The summed E-state index contributed by atoms with van der Waals surface area (Å²) in [7, 11) is 1.50. The van der Waals surface area contributed by atoms with E-state index in [-0.39, 0.29) is 31.1 Å². The third-order valence-electron chi connectivity index (χ3n) is 4.05. The molecule has 1 aliphatic rings. The maximum atomic E-state index is 12.3. The van der Waals surface area contributed by atoms with Gasteiger partial charge in [-0.2, -0.15) is 0 Å². The first-order chi connectivity index (χ1) is 12.1. The van der Waals surface area contributed by atoms with E-state index in [1.807, 2.05) is 12.1 Å². The zero-order valence-electron chi connectivity index (χ0n) is 14.5. The summed E-state index contributed by atoms with van der Waals surface area (Å²) in [6.07, 6.45) is 1.33. The lowest BCUT2D eigenvalue weighted by atomic mass is 10.1. The number of carbonyl (C=O) groups is 3. The standard InChI is InChI=1S/C17H25N5O3/c1-18-17(25)14(5-3-11-23)21-16(24)12-13-4-2-6-15(20-13)22-9-7-19-8-10-22/h2,4,6,11,14,19H,3,5,7-10,12H2,1H3,(H,18,25)(H,21,24). The van der Waals surface area contributed by atoms with Crippen LogP contribution >= 0.6 is 0 Å². The second-order valence-electron chi connectivity index (χ2n) is 5.88. The van der Waals surface area contributed by atoms with Crippen molar-refractivity contribution in [3.8, 4) is 0 Å². The summed E-state index contributed by atoms with van der Waals surface area (Å²) < 4.78 is 0. The molecule has 0 aliphatic carbocycles. The van der Waals surface area contributed by atoms with E-state index in [9.17, 15) is 14.4 Å². The fourth-order valence-corrected chi connectivity index (χ4v) is 2.72. The number of piperazine rings is 1. The number of carbonyl (C=O) groups excluding carboxylic acids is 3. The quantitative estimate of drug-likeness (QED) is 0.534. The molecule has 0 aromatic carbocycles. The fourth-order valence-electron chi connectivity index (χ4n) is 2.72. The van der Waals surface area contributed by atoms with E-state index in [4.69, 9.17) is 0 Å². The Balaban J connectivity index is 1.96. The number of hydrogen-bond acceptors (Lipinski definition) is 6. The Bertz CT molecular complexity index is 602. The Kier molecular flexibility index (Phi) is 7.34. The molecule has 2 rings (SSSR count). The molecule has 1 saturated heterocycles. The van der Waals surface area contributed by atoms with Gasteiger partial charge in [0.2, 0.25) is 11.8 Å². The van der Waals surface area contributed by atoms with E-state index in [1.165, 1.54) is 7.05 Å². The van der Waals surface area contributed by atoms with Crippen LogP contribution in [0, 0.1) is 0 Å². The predicted molar refractivity (Wildman–Crippen MR) is 94.3 cm³/mol. The van der Waals surface area contributed by atoms with Crippen molar-refractivity contribution in [2.24, 2.45) is 0 Å². The maximum Gasteiger partial charge on any atom is 0.242 e. The predicted octanol–water partition coefficient (Wildman–Crippen LogP) is -0.756. The van der Waals surface area contributed by atoms with Crippen molar-refractivity contribution in [3.63, 3.8) is 0 Å². The average molecular weight is 347 g/mol. The van der Waals surface area contributed by atoms with Crippen molar-refractivity contribution in [2.45, 2.75) is 25.3 Å². The van der Waals surface area contributed by atoms with Gasteiger partial charge in [0.25, 0.3) is 0 Å². The molecular formula is C17H25N5O3. The van der Waals surface area contributed by atoms with Gasteiger partial charge in [-0.05, 0) is 18.6 Å². The first kappa shape index (κ1) is 18.9. The number of hydrogen-bond donors (Lipinski definition) is 3. The zero-order chi connectivity index (χ0) is 18.1. The average Bonchev–Trinajstić information content (AvgIpc) is 2.65. The van der Waals surface area contributed by atoms with Crippen LogP contribution in [0.15, 0.2) is 18.2 Å². The summed E-state index contributed by atoms with van der Waals surface area (Å²) in [5, 5.41) is 8.46. The van der Waals surface area contributed by atoms with E-state index in [1.54, 1.807) is 6.07 Å². The van der Waals surface area contributed by atoms with Gasteiger partial charge < -0.3 is 25.6 Å². The smallest absolute Gasteiger partial charge is 0.242 e. The van der Waals surface area contributed by atoms with Crippen molar-refractivity contribution in [1.29, 1.82) is 0 Å². The number of aldehydes is 1. The third kappa shape index (κ3) is 5.82. The molecule has 0 bridgehead atoms. The van der Waals surface area contributed by atoms with Gasteiger partial charge in [-0.3, -0.25) is 9.59 Å². The number of anilines is 1. The molecule has 2 heterocycles. The van der Waals surface area contributed by atoms with Crippen molar-refractivity contribution < 1.29 is 14.4 Å². The van der Waals surface area contributed by atoms with Crippen LogP contribution in [0.1, 0.15) is 18.5 Å². The lowest BCUT2D eigenvalue weighted by molar-refractivity contribution is -0.128. The number of rotatable bonds is 8. The molecule has 8 heteroatoms. The van der Waals surface area contributed by atoms with Gasteiger partial charge in [-0.1, -0.05) is 6.07 Å². The Morgan fingerprint density at radius 1 is 1.36 bits per heavy atom. The molecule has 0 spiro atoms. The molecule has 0 saturated carbocycles. The molecule has 1 aliphatic heterocycles. The minimum Gasteiger partial charge on any atom is -0.357 e. The number of aromatic nitrogens is 1. The molecule has 8 nitrogen and oxygen atoms in total. The number of amides is 2. The monoisotopic (exact) mass is 347 g/mol. The van der Waals surface area contributed by atoms with E-state index in [0.717, 1.165) is 38.3 Å². The molecule has 0 radical (unpaired) electrons. The van der Waals surface area contributed by atoms with Gasteiger partial charge in [-0.15, -0.1) is 0 Å². The first-order valence-corrected chi connectivity index (χ1v) is 8.50. The van der Waals surface area contributed by atoms with Crippen molar-refractivity contribution in [1.82, 2.24) is 20.9 Å². The number of nitrogens with one attached hydrogen (secondary N) is 3. The highest BCUT2D eigenvalue weighted by molar-refractivity contribution is 5.88. The van der Waals surface area contributed by atoms with Crippen LogP contribution in [0.2, 0.25) is 0 Å². The molecule has 1 fully saturated rings. The first-order valence-electron chi connectivity index (χ1n) is 8.50. The highest BCUT2D eigenvalue weighted by atomic mass is 16.2. The maximum absolute atomic E-state index is 12.3. The van der Waals surface area contributed by atoms with E-state index in [0.29, 0.717) is 5.69 Å². The van der Waals surface area contributed by atoms with Crippen LogP contribution < -0.4 is 20.9 Å². The highest BCUT2D eigenvalue weighted by Gasteiger charge is 2.20. The Labute approximate surface area is 147 Å². The van der Waals surface area contributed by atoms with Crippen LogP contribution in [-0.2, 0) is 20.8 Å². The normalized spacial score (nSPS) is 15.3. The van der Waals surface area contributed by atoms with Crippen LogP contribution in [0.4, 0.5) is 5.82 Å². The topological polar surface area (TPSA) is 103 Å². The zero-order valence-corrected chi connectivity index (χ0v) is 14.5. The van der Waals surface area contributed by atoms with Crippen LogP contribution in [0.25, 0.3) is 0 Å². The molecule has 1 aromatic rings. The summed E-state index contributed by atoms with van der Waals surface area (Å²) in [5.41, 5.74) is 0.652. The molecule has 2 amide bonds. The van der Waals surface area contributed by atoms with Gasteiger partial charge >= 0.3 is 0 Å². The molecule has 3 N–H and O–H groups in total. The van der Waals surface area contributed by atoms with E-state index >= 15 is 0 Å². The minimum absolute atomic E-state index is 0.0918. The number of likely N-dealkylation sites (N-methyl/N-ethyl adjacent to an activating group) is 1. The van der Waals surface area contributed by atoms with Crippen molar-refractivity contribution in [2.75, 3.05) is 38.1 Å². The lowest BCUT2D eigenvalue weighted by Gasteiger charge is -2.28. The second kappa shape index (κ2) is 9.73. The minimum atomic E-state index is -0.709.